The number of carbonyl (C=O) groups excluding carboxylic acids is 1. The molecular weight excluding hydrogens is 272 g/mol. The van der Waals surface area contributed by atoms with Crippen LogP contribution >= 0.6 is 15.9 Å². The van der Waals surface area contributed by atoms with Crippen molar-refractivity contribution in [2.75, 3.05) is 7.11 Å². The molecule has 0 aliphatic carbocycles. The first-order valence-electron chi connectivity index (χ1n) is 4.82. The van der Waals surface area contributed by atoms with Crippen molar-refractivity contribution in [2.24, 2.45) is 0 Å². The topological polar surface area (TPSA) is 55.0 Å². The van der Waals surface area contributed by atoms with Gasteiger partial charge in [0.1, 0.15) is 0 Å². The molecule has 0 aliphatic heterocycles. The summed E-state index contributed by atoms with van der Waals surface area (Å²) in [5, 5.41) is 0.712. The summed E-state index contributed by atoms with van der Waals surface area (Å²) in [5.41, 5.74) is 3.87. The van der Waals surface area contributed by atoms with E-state index in [0.717, 1.165) is 22.2 Å². The van der Waals surface area contributed by atoms with Crippen LogP contribution in [-0.4, -0.2) is 23.0 Å². The number of benzene rings is 1. The van der Waals surface area contributed by atoms with Crippen LogP contribution in [0.1, 0.15) is 11.1 Å². The minimum Gasteiger partial charge on any atom is -0.469 e. The number of H-pyrrole nitrogens is 1. The van der Waals surface area contributed by atoms with Crippen molar-refractivity contribution in [3.05, 3.63) is 29.6 Å². The lowest BCUT2D eigenvalue weighted by atomic mass is 10.1. The predicted molar refractivity (Wildman–Crippen MR) is 64.4 cm³/mol. The Morgan fingerprint density at radius 3 is 3.06 bits per heavy atom. The number of rotatable bonds is 3. The molecule has 0 amide bonds. The van der Waals surface area contributed by atoms with Crippen LogP contribution in [0.3, 0.4) is 0 Å². The van der Waals surface area contributed by atoms with Gasteiger partial charge in [0.05, 0.1) is 30.9 Å². The van der Waals surface area contributed by atoms with Crippen LogP contribution in [-0.2, 0) is 21.3 Å². The van der Waals surface area contributed by atoms with Gasteiger partial charge in [-0.1, -0.05) is 22.0 Å². The van der Waals surface area contributed by atoms with Crippen molar-refractivity contribution in [3.8, 4) is 0 Å². The minimum atomic E-state index is -0.237. The van der Waals surface area contributed by atoms with Crippen LogP contribution in [0.15, 0.2) is 18.5 Å². The maximum atomic E-state index is 11.2. The smallest absolute Gasteiger partial charge is 0.309 e. The van der Waals surface area contributed by atoms with Crippen molar-refractivity contribution >= 4 is 32.9 Å². The first kappa shape index (κ1) is 11.1. The molecule has 0 spiro atoms. The molecule has 0 radical (unpaired) electrons. The Hall–Kier alpha value is -1.36. The number of halogens is 1. The summed E-state index contributed by atoms with van der Waals surface area (Å²) in [6.45, 7) is 0. The van der Waals surface area contributed by atoms with Gasteiger partial charge in [0.25, 0.3) is 0 Å². The van der Waals surface area contributed by atoms with Crippen LogP contribution in [0.5, 0.6) is 0 Å². The SMILES string of the molecule is COC(=O)Cc1cc(CBr)c2nc[nH]c2c1. The van der Waals surface area contributed by atoms with Crippen LogP contribution in [0, 0.1) is 0 Å². The number of carbonyl (C=O) groups is 1. The van der Waals surface area contributed by atoms with Gasteiger partial charge in [-0.15, -0.1) is 0 Å². The number of esters is 1. The number of ether oxygens (including phenoxy) is 1. The number of methoxy groups -OCH3 is 1. The fourth-order valence-corrected chi connectivity index (χ4v) is 2.06. The highest BCUT2D eigenvalue weighted by atomic mass is 79.9. The summed E-state index contributed by atoms with van der Waals surface area (Å²) in [6.07, 6.45) is 1.93. The van der Waals surface area contributed by atoms with Gasteiger partial charge in [0.2, 0.25) is 0 Å². The van der Waals surface area contributed by atoms with Gasteiger partial charge in [-0.25, -0.2) is 4.98 Å². The van der Waals surface area contributed by atoms with E-state index in [1.165, 1.54) is 7.11 Å². The second-order valence-electron chi connectivity index (χ2n) is 3.44. The normalized spacial score (nSPS) is 10.6. The molecule has 84 valence electrons. The molecule has 0 saturated carbocycles. The summed E-state index contributed by atoms with van der Waals surface area (Å²) >= 11 is 3.41. The number of imidazole rings is 1. The third kappa shape index (κ3) is 2.09. The molecule has 5 heteroatoms. The fourth-order valence-electron chi connectivity index (χ4n) is 1.63. The van der Waals surface area contributed by atoms with E-state index in [2.05, 4.69) is 30.6 Å². The van der Waals surface area contributed by atoms with Crippen molar-refractivity contribution in [3.63, 3.8) is 0 Å². The molecule has 0 saturated heterocycles. The van der Waals surface area contributed by atoms with Crippen molar-refractivity contribution in [1.82, 2.24) is 9.97 Å². The second kappa shape index (κ2) is 4.65. The molecule has 0 aliphatic rings. The molecule has 0 fully saturated rings. The summed E-state index contributed by atoms with van der Waals surface area (Å²) in [5.74, 6) is -0.237. The Morgan fingerprint density at radius 1 is 1.56 bits per heavy atom. The lowest BCUT2D eigenvalue weighted by molar-refractivity contribution is -0.139. The quantitative estimate of drug-likeness (QED) is 0.693. The molecule has 0 bridgehead atoms. The number of nitrogens with one attached hydrogen (secondary N) is 1. The molecule has 1 N–H and O–H groups in total. The van der Waals surface area contributed by atoms with E-state index in [1.807, 2.05) is 12.1 Å². The molecule has 16 heavy (non-hydrogen) atoms. The molecule has 2 aromatic rings. The summed E-state index contributed by atoms with van der Waals surface area (Å²) in [7, 11) is 1.39. The molecular formula is C11H11BrN2O2. The standard InChI is InChI=1S/C11H11BrN2O2/c1-16-10(15)4-7-2-8(5-12)11-9(3-7)13-6-14-11/h2-3,6H,4-5H2,1H3,(H,13,14). The van der Waals surface area contributed by atoms with Crippen molar-refractivity contribution in [1.29, 1.82) is 0 Å². The van der Waals surface area contributed by atoms with Gasteiger partial charge in [-0.3, -0.25) is 4.79 Å². The number of aromatic nitrogens is 2. The van der Waals surface area contributed by atoms with Gasteiger partial charge >= 0.3 is 5.97 Å². The maximum absolute atomic E-state index is 11.2. The number of alkyl halides is 1. The van der Waals surface area contributed by atoms with Gasteiger partial charge in [-0.05, 0) is 17.2 Å². The number of hydrogen-bond acceptors (Lipinski definition) is 3. The van der Waals surface area contributed by atoms with Gasteiger partial charge in [0.15, 0.2) is 0 Å². The number of nitrogens with zero attached hydrogens (tertiary/aromatic N) is 1. The summed E-state index contributed by atoms with van der Waals surface area (Å²) in [6, 6.07) is 3.89. The monoisotopic (exact) mass is 282 g/mol. The molecule has 1 heterocycles. The molecule has 4 nitrogen and oxygen atoms in total. The fraction of sp³-hybridized carbons (Fsp3) is 0.273. The Kier molecular flexibility index (Phi) is 3.24. The molecule has 2 rings (SSSR count). The highest BCUT2D eigenvalue weighted by Crippen LogP contribution is 2.20. The summed E-state index contributed by atoms with van der Waals surface area (Å²) in [4.78, 5) is 18.5. The molecule has 1 aromatic carbocycles. The Balaban J connectivity index is 2.43. The van der Waals surface area contributed by atoms with Crippen LogP contribution in [0.4, 0.5) is 0 Å². The highest BCUT2D eigenvalue weighted by Gasteiger charge is 2.08. The number of aromatic amines is 1. The van der Waals surface area contributed by atoms with E-state index >= 15 is 0 Å². The average Bonchev–Trinajstić information content (AvgIpc) is 2.75. The van der Waals surface area contributed by atoms with E-state index in [9.17, 15) is 4.79 Å². The zero-order valence-electron chi connectivity index (χ0n) is 8.79. The molecule has 0 unspecified atom stereocenters. The summed E-state index contributed by atoms with van der Waals surface area (Å²) < 4.78 is 4.64. The maximum Gasteiger partial charge on any atom is 0.309 e. The molecule has 0 atom stereocenters. The zero-order valence-corrected chi connectivity index (χ0v) is 10.4. The lowest BCUT2D eigenvalue weighted by Crippen LogP contribution is -2.04. The van der Waals surface area contributed by atoms with Crippen LogP contribution in [0.2, 0.25) is 0 Å². The average molecular weight is 283 g/mol. The second-order valence-corrected chi connectivity index (χ2v) is 4.00. The van der Waals surface area contributed by atoms with Gasteiger partial charge < -0.3 is 9.72 Å². The third-order valence-electron chi connectivity index (χ3n) is 2.38. The Bertz CT molecular complexity index is 522. The van der Waals surface area contributed by atoms with Crippen molar-refractivity contribution < 1.29 is 9.53 Å². The zero-order chi connectivity index (χ0) is 11.5. The Labute approximate surface area is 101 Å². The minimum absolute atomic E-state index is 0.237. The third-order valence-corrected chi connectivity index (χ3v) is 2.99. The van der Waals surface area contributed by atoms with Gasteiger partial charge in [0, 0.05) is 5.33 Å². The first-order chi connectivity index (χ1) is 7.74. The highest BCUT2D eigenvalue weighted by molar-refractivity contribution is 9.08. The Morgan fingerprint density at radius 2 is 2.38 bits per heavy atom. The molecule has 1 aromatic heterocycles. The van der Waals surface area contributed by atoms with E-state index in [-0.39, 0.29) is 12.4 Å². The number of hydrogen-bond donors (Lipinski definition) is 1. The first-order valence-corrected chi connectivity index (χ1v) is 5.94. The van der Waals surface area contributed by atoms with Crippen LogP contribution in [0.25, 0.3) is 11.0 Å². The van der Waals surface area contributed by atoms with E-state index in [1.54, 1.807) is 6.33 Å². The van der Waals surface area contributed by atoms with Crippen LogP contribution < -0.4 is 0 Å². The number of fused-ring (bicyclic) bond motifs is 1. The van der Waals surface area contributed by atoms with E-state index in [0.29, 0.717) is 5.33 Å². The van der Waals surface area contributed by atoms with Gasteiger partial charge in [-0.2, -0.15) is 0 Å². The predicted octanol–water partition coefficient (Wildman–Crippen LogP) is 2.17. The van der Waals surface area contributed by atoms with E-state index < -0.39 is 0 Å². The lowest BCUT2D eigenvalue weighted by Gasteiger charge is -2.03. The van der Waals surface area contributed by atoms with E-state index in [4.69, 9.17) is 0 Å². The van der Waals surface area contributed by atoms with Crippen molar-refractivity contribution in [2.45, 2.75) is 11.8 Å². The largest absolute Gasteiger partial charge is 0.469 e.